The number of hydrogen-bond donors (Lipinski definition) is 1. The van der Waals surface area contributed by atoms with E-state index in [0.29, 0.717) is 12.0 Å². The predicted molar refractivity (Wildman–Crippen MR) is 81.8 cm³/mol. The van der Waals surface area contributed by atoms with Crippen LogP contribution in [0.3, 0.4) is 0 Å². The van der Waals surface area contributed by atoms with Crippen LogP contribution >= 0.6 is 11.3 Å². The fourth-order valence-electron chi connectivity index (χ4n) is 2.63. The van der Waals surface area contributed by atoms with Gasteiger partial charge in [-0.15, -0.1) is 11.3 Å². The minimum atomic E-state index is 0.430. The van der Waals surface area contributed by atoms with E-state index in [1.165, 1.54) is 27.8 Å². The fraction of sp³-hybridized carbons (Fsp3) is 0.500. The molecular weight excluding hydrogens is 254 g/mol. The van der Waals surface area contributed by atoms with Crippen molar-refractivity contribution < 1.29 is 4.74 Å². The maximum Gasteiger partial charge on any atom is 0.0506 e. The number of fused-ring (bicyclic) bond motifs is 1. The molecule has 2 nitrogen and oxygen atoms in total. The summed E-state index contributed by atoms with van der Waals surface area (Å²) in [6.07, 6.45) is 2.51. The van der Waals surface area contributed by atoms with Crippen molar-refractivity contribution in [3.63, 3.8) is 0 Å². The Bertz CT molecular complexity index is 497. The molecule has 0 bridgehead atoms. The van der Waals surface area contributed by atoms with Crippen LogP contribution in [0.5, 0.6) is 0 Å². The van der Waals surface area contributed by atoms with E-state index in [0.717, 1.165) is 19.8 Å². The molecule has 1 fully saturated rings. The van der Waals surface area contributed by atoms with Crippen LogP contribution < -0.4 is 5.32 Å². The minimum absolute atomic E-state index is 0.430. The third kappa shape index (κ3) is 3.16. The quantitative estimate of drug-likeness (QED) is 0.911. The third-order valence-corrected chi connectivity index (χ3v) is 5.14. The highest BCUT2D eigenvalue weighted by molar-refractivity contribution is 7.19. The third-order valence-electron chi connectivity index (χ3n) is 3.84. The fourth-order valence-corrected chi connectivity index (χ4v) is 3.72. The summed E-state index contributed by atoms with van der Waals surface area (Å²) in [6, 6.07) is 11.4. The van der Waals surface area contributed by atoms with Crippen molar-refractivity contribution in [1.82, 2.24) is 5.32 Å². The van der Waals surface area contributed by atoms with E-state index in [1.54, 1.807) is 0 Å². The lowest BCUT2D eigenvalue weighted by Gasteiger charge is -2.24. The zero-order chi connectivity index (χ0) is 13.1. The van der Waals surface area contributed by atoms with Crippen molar-refractivity contribution in [1.29, 1.82) is 0 Å². The first-order chi connectivity index (χ1) is 9.33. The highest BCUT2D eigenvalue weighted by Crippen LogP contribution is 2.29. The maximum absolute atomic E-state index is 5.53. The lowest BCUT2D eigenvalue weighted by atomic mass is 10.0. The number of nitrogens with one attached hydrogen (secondary N) is 1. The van der Waals surface area contributed by atoms with Crippen LogP contribution in [0, 0.1) is 5.92 Å². The second-order valence-corrected chi connectivity index (χ2v) is 6.52. The molecule has 0 radical (unpaired) electrons. The van der Waals surface area contributed by atoms with E-state index in [1.807, 2.05) is 11.3 Å². The van der Waals surface area contributed by atoms with E-state index in [-0.39, 0.29) is 0 Å². The first kappa shape index (κ1) is 13.1. The molecule has 2 heterocycles. The lowest BCUT2D eigenvalue weighted by molar-refractivity contribution is 0.0540. The molecule has 2 aromatic rings. The van der Waals surface area contributed by atoms with Gasteiger partial charge < -0.3 is 10.1 Å². The predicted octanol–water partition coefficient (Wildman–Crippen LogP) is 3.98. The van der Waals surface area contributed by atoms with E-state index in [9.17, 15) is 0 Å². The normalized spacial score (nSPS) is 21.6. The Labute approximate surface area is 118 Å². The van der Waals surface area contributed by atoms with Gasteiger partial charge in [0.2, 0.25) is 0 Å². The SMILES string of the molecule is CC(NCC1CCCOC1)c1cc2ccccc2s1. The zero-order valence-corrected chi connectivity index (χ0v) is 12.2. The molecule has 1 aliphatic heterocycles. The number of hydrogen-bond acceptors (Lipinski definition) is 3. The molecule has 0 saturated carbocycles. The van der Waals surface area contributed by atoms with Gasteiger partial charge in [0.15, 0.2) is 0 Å². The molecule has 1 N–H and O–H groups in total. The van der Waals surface area contributed by atoms with Gasteiger partial charge in [-0.2, -0.15) is 0 Å². The molecule has 19 heavy (non-hydrogen) atoms. The van der Waals surface area contributed by atoms with E-state index in [2.05, 4.69) is 42.6 Å². The Balaban J connectivity index is 1.61. The molecule has 3 rings (SSSR count). The molecule has 1 aromatic carbocycles. The molecule has 0 spiro atoms. The molecule has 1 saturated heterocycles. The second kappa shape index (κ2) is 6.04. The van der Waals surface area contributed by atoms with Crippen molar-refractivity contribution in [3.8, 4) is 0 Å². The molecule has 1 aromatic heterocycles. The van der Waals surface area contributed by atoms with Gasteiger partial charge in [0.25, 0.3) is 0 Å². The largest absolute Gasteiger partial charge is 0.381 e. The van der Waals surface area contributed by atoms with Crippen LogP contribution in [-0.2, 0) is 4.74 Å². The van der Waals surface area contributed by atoms with Crippen molar-refractivity contribution in [2.45, 2.75) is 25.8 Å². The van der Waals surface area contributed by atoms with Gasteiger partial charge in [-0.05, 0) is 43.2 Å². The van der Waals surface area contributed by atoms with Gasteiger partial charge >= 0.3 is 0 Å². The van der Waals surface area contributed by atoms with Crippen LogP contribution in [0.2, 0.25) is 0 Å². The number of rotatable bonds is 4. The molecule has 102 valence electrons. The van der Waals surface area contributed by atoms with Crippen molar-refractivity contribution in [2.75, 3.05) is 19.8 Å². The molecule has 2 atom stereocenters. The smallest absolute Gasteiger partial charge is 0.0506 e. The van der Waals surface area contributed by atoms with E-state index in [4.69, 9.17) is 4.74 Å². The van der Waals surface area contributed by atoms with Gasteiger partial charge in [0, 0.05) is 28.8 Å². The summed E-state index contributed by atoms with van der Waals surface area (Å²) in [5.41, 5.74) is 0. The minimum Gasteiger partial charge on any atom is -0.381 e. The van der Waals surface area contributed by atoms with Gasteiger partial charge in [-0.1, -0.05) is 18.2 Å². The monoisotopic (exact) mass is 275 g/mol. The van der Waals surface area contributed by atoms with Crippen molar-refractivity contribution >= 4 is 21.4 Å². The Morgan fingerprint density at radius 2 is 2.32 bits per heavy atom. The second-order valence-electron chi connectivity index (χ2n) is 5.40. The van der Waals surface area contributed by atoms with Gasteiger partial charge in [0.1, 0.15) is 0 Å². The molecule has 0 amide bonds. The van der Waals surface area contributed by atoms with Gasteiger partial charge in [0.05, 0.1) is 6.61 Å². The van der Waals surface area contributed by atoms with Gasteiger partial charge in [-0.25, -0.2) is 0 Å². The topological polar surface area (TPSA) is 21.3 Å². The highest BCUT2D eigenvalue weighted by atomic mass is 32.1. The Hall–Kier alpha value is -0.900. The van der Waals surface area contributed by atoms with Crippen molar-refractivity contribution in [2.24, 2.45) is 5.92 Å². The average molecular weight is 275 g/mol. The Morgan fingerprint density at radius 1 is 1.42 bits per heavy atom. The highest BCUT2D eigenvalue weighted by Gasteiger charge is 2.16. The van der Waals surface area contributed by atoms with Crippen LogP contribution in [0.15, 0.2) is 30.3 Å². The Morgan fingerprint density at radius 3 is 3.11 bits per heavy atom. The van der Waals surface area contributed by atoms with Crippen LogP contribution in [0.25, 0.3) is 10.1 Å². The number of ether oxygens (including phenoxy) is 1. The van der Waals surface area contributed by atoms with Crippen molar-refractivity contribution in [3.05, 3.63) is 35.2 Å². The first-order valence-corrected chi connectivity index (χ1v) is 7.94. The van der Waals surface area contributed by atoms with E-state index >= 15 is 0 Å². The summed E-state index contributed by atoms with van der Waals surface area (Å²) in [6.45, 7) is 5.19. The summed E-state index contributed by atoms with van der Waals surface area (Å²) in [5.74, 6) is 0.686. The lowest BCUT2D eigenvalue weighted by Crippen LogP contribution is -2.30. The summed E-state index contributed by atoms with van der Waals surface area (Å²) in [5, 5.41) is 5.02. The van der Waals surface area contributed by atoms with Crippen LogP contribution in [0.1, 0.15) is 30.7 Å². The van der Waals surface area contributed by atoms with Crippen LogP contribution in [0.4, 0.5) is 0 Å². The molecule has 1 aliphatic rings. The summed E-state index contributed by atoms with van der Waals surface area (Å²) in [4.78, 5) is 1.43. The molecule has 3 heteroatoms. The number of thiophene rings is 1. The molecule has 2 unspecified atom stereocenters. The Kier molecular flexibility index (Phi) is 4.16. The number of benzene rings is 1. The van der Waals surface area contributed by atoms with Crippen LogP contribution in [-0.4, -0.2) is 19.8 Å². The molecular formula is C16H21NOS. The summed E-state index contributed by atoms with van der Waals surface area (Å²) in [7, 11) is 0. The first-order valence-electron chi connectivity index (χ1n) is 7.12. The van der Waals surface area contributed by atoms with Gasteiger partial charge in [-0.3, -0.25) is 0 Å². The standard InChI is InChI=1S/C16H21NOS/c1-12(17-10-13-5-4-8-18-11-13)16-9-14-6-2-3-7-15(14)19-16/h2-3,6-7,9,12-13,17H,4-5,8,10-11H2,1H3. The molecule has 0 aliphatic carbocycles. The zero-order valence-electron chi connectivity index (χ0n) is 11.4. The summed E-state index contributed by atoms with van der Waals surface area (Å²) >= 11 is 1.90. The average Bonchev–Trinajstić information content (AvgIpc) is 2.90. The summed E-state index contributed by atoms with van der Waals surface area (Å²) < 4.78 is 6.91. The van der Waals surface area contributed by atoms with E-state index < -0.39 is 0 Å². The maximum atomic E-state index is 5.53.